The van der Waals surface area contributed by atoms with Crippen molar-refractivity contribution in [1.82, 2.24) is 9.55 Å². The molecule has 1 saturated carbocycles. The standard InChI is InChI=1S/C10H15N3O2/c1-13-6-12-5-7(13)10(3-4-10)8(11)9(14)15-2/h5-6,8H,3-4,11H2,1-2H3. The van der Waals surface area contributed by atoms with Gasteiger partial charge in [0.25, 0.3) is 0 Å². The van der Waals surface area contributed by atoms with E-state index >= 15 is 0 Å². The molecular weight excluding hydrogens is 194 g/mol. The molecule has 1 aromatic heterocycles. The van der Waals surface area contributed by atoms with Crippen LogP contribution in [0.15, 0.2) is 12.5 Å². The fraction of sp³-hybridized carbons (Fsp3) is 0.600. The molecule has 1 atom stereocenters. The SMILES string of the molecule is COC(=O)C(N)C1(c2cncn2C)CC1. The first kappa shape index (κ1) is 10.2. The highest BCUT2D eigenvalue weighted by Gasteiger charge is 2.54. The smallest absolute Gasteiger partial charge is 0.323 e. The van der Waals surface area contributed by atoms with Crippen LogP contribution >= 0.6 is 0 Å². The van der Waals surface area contributed by atoms with Crippen LogP contribution in [0.5, 0.6) is 0 Å². The lowest BCUT2D eigenvalue weighted by molar-refractivity contribution is -0.143. The number of carbonyl (C=O) groups excluding carboxylic acids is 1. The van der Waals surface area contributed by atoms with Crippen molar-refractivity contribution in [2.45, 2.75) is 24.3 Å². The second kappa shape index (κ2) is 3.34. The van der Waals surface area contributed by atoms with Crippen molar-refractivity contribution in [1.29, 1.82) is 0 Å². The third-order valence-corrected chi connectivity index (χ3v) is 3.17. The summed E-state index contributed by atoms with van der Waals surface area (Å²) < 4.78 is 6.60. The summed E-state index contributed by atoms with van der Waals surface area (Å²) in [5.74, 6) is -0.353. The van der Waals surface area contributed by atoms with Crippen LogP contribution in [0, 0.1) is 0 Å². The maximum Gasteiger partial charge on any atom is 0.323 e. The first-order valence-electron chi connectivity index (χ1n) is 4.92. The van der Waals surface area contributed by atoms with Gasteiger partial charge < -0.3 is 15.0 Å². The predicted molar refractivity (Wildman–Crippen MR) is 54.1 cm³/mol. The monoisotopic (exact) mass is 209 g/mol. The van der Waals surface area contributed by atoms with Gasteiger partial charge in [0.05, 0.1) is 13.4 Å². The molecule has 0 aliphatic heterocycles. The molecule has 1 aromatic rings. The van der Waals surface area contributed by atoms with E-state index in [0.29, 0.717) is 0 Å². The maximum atomic E-state index is 11.4. The fourth-order valence-electron chi connectivity index (χ4n) is 2.05. The summed E-state index contributed by atoms with van der Waals surface area (Å²) in [6.07, 6.45) is 5.33. The number of rotatable bonds is 3. The first-order valence-corrected chi connectivity index (χ1v) is 4.92. The Kier molecular flexibility index (Phi) is 2.26. The Morgan fingerprint density at radius 3 is 2.80 bits per heavy atom. The van der Waals surface area contributed by atoms with E-state index in [1.807, 2.05) is 11.6 Å². The number of hydrogen-bond donors (Lipinski definition) is 1. The average molecular weight is 209 g/mol. The minimum absolute atomic E-state index is 0.252. The van der Waals surface area contributed by atoms with Gasteiger partial charge >= 0.3 is 5.97 Å². The van der Waals surface area contributed by atoms with Crippen molar-refractivity contribution in [3.63, 3.8) is 0 Å². The van der Waals surface area contributed by atoms with E-state index in [4.69, 9.17) is 5.73 Å². The zero-order valence-corrected chi connectivity index (χ0v) is 8.93. The van der Waals surface area contributed by atoms with E-state index < -0.39 is 6.04 Å². The van der Waals surface area contributed by atoms with Gasteiger partial charge in [0.1, 0.15) is 6.04 Å². The fourth-order valence-corrected chi connectivity index (χ4v) is 2.05. The molecule has 0 aromatic carbocycles. The third-order valence-electron chi connectivity index (χ3n) is 3.17. The van der Waals surface area contributed by atoms with Crippen molar-refractivity contribution < 1.29 is 9.53 Å². The van der Waals surface area contributed by atoms with Gasteiger partial charge in [0.2, 0.25) is 0 Å². The largest absolute Gasteiger partial charge is 0.468 e. The van der Waals surface area contributed by atoms with Gasteiger partial charge in [-0.1, -0.05) is 0 Å². The van der Waals surface area contributed by atoms with Crippen LogP contribution in [0.1, 0.15) is 18.5 Å². The molecule has 5 nitrogen and oxygen atoms in total. The van der Waals surface area contributed by atoms with Gasteiger partial charge in [0.15, 0.2) is 0 Å². The van der Waals surface area contributed by atoms with Crippen LogP contribution in [0.2, 0.25) is 0 Å². The molecule has 1 unspecified atom stereocenters. The summed E-state index contributed by atoms with van der Waals surface area (Å²) in [6, 6.07) is -0.585. The van der Waals surface area contributed by atoms with Crippen molar-refractivity contribution in [3.8, 4) is 0 Å². The minimum Gasteiger partial charge on any atom is -0.468 e. The number of nitrogens with zero attached hydrogens (tertiary/aromatic N) is 2. The lowest BCUT2D eigenvalue weighted by Crippen LogP contribution is -2.43. The van der Waals surface area contributed by atoms with Crippen molar-refractivity contribution in [3.05, 3.63) is 18.2 Å². The summed E-state index contributed by atoms with van der Waals surface area (Å²) in [5, 5.41) is 0. The Hall–Kier alpha value is -1.36. The van der Waals surface area contributed by atoms with E-state index in [1.165, 1.54) is 7.11 Å². The highest BCUT2D eigenvalue weighted by atomic mass is 16.5. The highest BCUT2D eigenvalue weighted by molar-refractivity contribution is 5.78. The lowest BCUT2D eigenvalue weighted by Gasteiger charge is -2.21. The van der Waals surface area contributed by atoms with Gasteiger partial charge in [-0.2, -0.15) is 0 Å². The van der Waals surface area contributed by atoms with E-state index in [2.05, 4.69) is 9.72 Å². The predicted octanol–water partition coefficient (Wildman–Crippen LogP) is -0.0480. The van der Waals surface area contributed by atoms with Crippen LogP contribution in [0.3, 0.4) is 0 Å². The van der Waals surface area contributed by atoms with Gasteiger partial charge in [-0.05, 0) is 12.8 Å². The Balaban J connectivity index is 2.28. The highest BCUT2D eigenvalue weighted by Crippen LogP contribution is 2.50. The number of methoxy groups -OCH3 is 1. The number of carbonyl (C=O) groups is 1. The van der Waals surface area contributed by atoms with Gasteiger partial charge in [-0.3, -0.25) is 4.79 Å². The molecular formula is C10H15N3O2. The molecule has 1 aliphatic carbocycles. The Labute approximate surface area is 88.2 Å². The second-order valence-electron chi connectivity index (χ2n) is 4.05. The molecule has 5 heteroatoms. The number of nitrogens with two attached hydrogens (primary N) is 1. The zero-order chi connectivity index (χ0) is 11.1. The minimum atomic E-state index is -0.585. The first-order chi connectivity index (χ1) is 7.12. The number of aryl methyl sites for hydroxylation is 1. The molecule has 0 radical (unpaired) electrons. The zero-order valence-electron chi connectivity index (χ0n) is 8.93. The van der Waals surface area contributed by atoms with Crippen molar-refractivity contribution >= 4 is 5.97 Å². The van der Waals surface area contributed by atoms with Crippen LogP contribution in [-0.4, -0.2) is 28.7 Å². The van der Waals surface area contributed by atoms with Crippen LogP contribution in [0.4, 0.5) is 0 Å². The van der Waals surface area contributed by atoms with Crippen LogP contribution < -0.4 is 5.73 Å². The molecule has 1 aliphatic rings. The van der Waals surface area contributed by atoms with Gasteiger partial charge in [-0.15, -0.1) is 0 Å². The Morgan fingerprint density at radius 2 is 2.40 bits per heavy atom. The van der Waals surface area contributed by atoms with Crippen LogP contribution in [-0.2, 0) is 22.0 Å². The molecule has 0 bridgehead atoms. The summed E-state index contributed by atoms with van der Waals surface area (Å²) in [5.41, 5.74) is 6.68. The number of imidazole rings is 1. The normalized spacial score (nSPS) is 19.7. The van der Waals surface area contributed by atoms with Gasteiger partial charge in [-0.25, -0.2) is 4.98 Å². The van der Waals surface area contributed by atoms with Crippen LogP contribution in [0.25, 0.3) is 0 Å². The quantitative estimate of drug-likeness (QED) is 0.709. The van der Waals surface area contributed by atoms with E-state index in [-0.39, 0.29) is 11.4 Å². The molecule has 2 rings (SSSR count). The molecule has 82 valence electrons. The van der Waals surface area contributed by atoms with E-state index in [0.717, 1.165) is 18.5 Å². The molecule has 1 fully saturated rings. The summed E-state index contributed by atoms with van der Waals surface area (Å²) >= 11 is 0. The molecule has 0 saturated heterocycles. The van der Waals surface area contributed by atoms with Crippen molar-refractivity contribution in [2.75, 3.05) is 7.11 Å². The third kappa shape index (κ3) is 1.43. The maximum absolute atomic E-state index is 11.4. The topological polar surface area (TPSA) is 70.1 Å². The summed E-state index contributed by atoms with van der Waals surface area (Å²) in [4.78, 5) is 15.5. The number of ether oxygens (including phenoxy) is 1. The lowest BCUT2D eigenvalue weighted by atomic mass is 9.93. The number of esters is 1. The van der Waals surface area contributed by atoms with Crippen molar-refractivity contribution in [2.24, 2.45) is 12.8 Å². The second-order valence-corrected chi connectivity index (χ2v) is 4.05. The molecule has 15 heavy (non-hydrogen) atoms. The molecule has 2 N–H and O–H groups in total. The average Bonchev–Trinajstić information content (AvgIpc) is 2.94. The molecule has 1 heterocycles. The number of aromatic nitrogens is 2. The number of hydrogen-bond acceptors (Lipinski definition) is 4. The molecule has 0 amide bonds. The summed E-state index contributed by atoms with van der Waals surface area (Å²) in [7, 11) is 3.27. The van der Waals surface area contributed by atoms with E-state index in [1.54, 1.807) is 12.5 Å². The van der Waals surface area contributed by atoms with Gasteiger partial charge in [0, 0.05) is 24.4 Å². The molecule has 0 spiro atoms. The summed E-state index contributed by atoms with van der Waals surface area (Å²) in [6.45, 7) is 0. The Bertz CT molecular complexity index is 382. The van der Waals surface area contributed by atoms with E-state index in [9.17, 15) is 4.79 Å². The Morgan fingerprint density at radius 1 is 1.73 bits per heavy atom.